The Morgan fingerprint density at radius 2 is 2.42 bits per heavy atom. The van der Waals surface area contributed by atoms with Crippen LogP contribution < -0.4 is 5.32 Å². The van der Waals surface area contributed by atoms with Gasteiger partial charge >= 0.3 is 5.97 Å². The standard InChI is InChI=1S/C13H19N3O3/c1-13(2)5-9(3-4-19-13)15-7-11-10(12(17)18)6-14-8-16-11/h6,8-9,15H,3-5,7H2,1-2H3,(H,17,18). The van der Waals surface area contributed by atoms with Crippen LogP contribution in [-0.2, 0) is 11.3 Å². The van der Waals surface area contributed by atoms with E-state index in [-0.39, 0.29) is 11.2 Å². The van der Waals surface area contributed by atoms with Crippen LogP contribution in [0, 0.1) is 0 Å². The lowest BCUT2D eigenvalue weighted by Crippen LogP contribution is -2.43. The van der Waals surface area contributed by atoms with Gasteiger partial charge in [0.25, 0.3) is 0 Å². The van der Waals surface area contributed by atoms with E-state index in [1.54, 1.807) is 0 Å². The monoisotopic (exact) mass is 265 g/mol. The molecule has 0 aromatic carbocycles. The van der Waals surface area contributed by atoms with Crippen LogP contribution in [0.3, 0.4) is 0 Å². The zero-order valence-corrected chi connectivity index (χ0v) is 11.2. The zero-order chi connectivity index (χ0) is 13.9. The van der Waals surface area contributed by atoms with Gasteiger partial charge in [-0.05, 0) is 26.7 Å². The molecule has 0 radical (unpaired) electrons. The number of hydrogen-bond donors (Lipinski definition) is 2. The molecule has 1 aliphatic heterocycles. The summed E-state index contributed by atoms with van der Waals surface area (Å²) in [6, 6.07) is 0.320. The molecule has 0 spiro atoms. The van der Waals surface area contributed by atoms with Crippen molar-refractivity contribution in [2.75, 3.05) is 6.61 Å². The van der Waals surface area contributed by atoms with Crippen LogP contribution in [0.1, 0.15) is 42.7 Å². The van der Waals surface area contributed by atoms with Crippen molar-refractivity contribution in [3.05, 3.63) is 23.8 Å². The quantitative estimate of drug-likeness (QED) is 0.851. The Morgan fingerprint density at radius 3 is 3.11 bits per heavy atom. The highest BCUT2D eigenvalue weighted by atomic mass is 16.5. The molecular weight excluding hydrogens is 246 g/mol. The Hall–Kier alpha value is -1.53. The Morgan fingerprint density at radius 1 is 1.63 bits per heavy atom. The molecule has 104 valence electrons. The fraction of sp³-hybridized carbons (Fsp3) is 0.615. The second kappa shape index (κ2) is 5.63. The molecule has 6 heteroatoms. The van der Waals surface area contributed by atoms with Crippen molar-refractivity contribution in [2.45, 2.75) is 44.9 Å². The maximum Gasteiger partial charge on any atom is 0.339 e. The Bertz CT molecular complexity index is 462. The average Bonchev–Trinajstić information content (AvgIpc) is 2.35. The smallest absolute Gasteiger partial charge is 0.339 e. The highest BCUT2D eigenvalue weighted by Crippen LogP contribution is 2.24. The summed E-state index contributed by atoms with van der Waals surface area (Å²) in [6.07, 6.45) is 4.54. The SMILES string of the molecule is CC1(C)CC(NCc2ncncc2C(=O)O)CCO1. The second-order valence-corrected chi connectivity index (χ2v) is 5.37. The Balaban J connectivity index is 1.97. The zero-order valence-electron chi connectivity index (χ0n) is 11.2. The van der Waals surface area contributed by atoms with Crippen LogP contribution in [0.2, 0.25) is 0 Å². The number of carboxylic acids is 1. The third-order valence-corrected chi connectivity index (χ3v) is 3.28. The van der Waals surface area contributed by atoms with Crippen LogP contribution in [0.25, 0.3) is 0 Å². The summed E-state index contributed by atoms with van der Waals surface area (Å²) in [5.41, 5.74) is 0.546. The topological polar surface area (TPSA) is 84.3 Å². The van der Waals surface area contributed by atoms with E-state index in [4.69, 9.17) is 9.84 Å². The molecule has 19 heavy (non-hydrogen) atoms. The van der Waals surface area contributed by atoms with Crippen LogP contribution in [-0.4, -0.2) is 39.3 Å². The van der Waals surface area contributed by atoms with Crippen molar-refractivity contribution >= 4 is 5.97 Å². The summed E-state index contributed by atoms with van der Waals surface area (Å²) >= 11 is 0. The molecule has 2 heterocycles. The normalized spacial score (nSPS) is 22.1. The maximum atomic E-state index is 11.0. The molecule has 0 bridgehead atoms. The minimum absolute atomic E-state index is 0.128. The maximum absolute atomic E-state index is 11.0. The molecule has 2 rings (SSSR count). The van der Waals surface area contributed by atoms with E-state index in [1.807, 2.05) is 0 Å². The third kappa shape index (κ3) is 3.71. The van der Waals surface area contributed by atoms with E-state index in [0.717, 1.165) is 19.4 Å². The van der Waals surface area contributed by atoms with Gasteiger partial charge in [-0.3, -0.25) is 0 Å². The number of hydrogen-bond acceptors (Lipinski definition) is 5. The van der Waals surface area contributed by atoms with E-state index in [9.17, 15) is 4.79 Å². The fourth-order valence-electron chi connectivity index (χ4n) is 2.32. The van der Waals surface area contributed by atoms with Crippen molar-refractivity contribution in [3.63, 3.8) is 0 Å². The number of aromatic carboxylic acids is 1. The van der Waals surface area contributed by atoms with Gasteiger partial charge in [-0.1, -0.05) is 0 Å². The minimum atomic E-state index is -0.996. The Kier molecular flexibility index (Phi) is 4.11. The van der Waals surface area contributed by atoms with Gasteiger partial charge in [0.05, 0.1) is 11.3 Å². The molecule has 1 aromatic heterocycles. The first kappa shape index (κ1) is 13.9. The van der Waals surface area contributed by atoms with E-state index < -0.39 is 5.97 Å². The first-order valence-corrected chi connectivity index (χ1v) is 6.37. The summed E-state index contributed by atoms with van der Waals surface area (Å²) in [5, 5.41) is 12.4. The lowest BCUT2D eigenvalue weighted by Gasteiger charge is -2.36. The summed E-state index contributed by atoms with van der Waals surface area (Å²) in [5.74, 6) is -0.996. The van der Waals surface area contributed by atoms with Crippen molar-refractivity contribution < 1.29 is 14.6 Å². The number of carbonyl (C=O) groups is 1. The van der Waals surface area contributed by atoms with E-state index in [0.29, 0.717) is 18.3 Å². The molecule has 1 aromatic rings. The molecule has 1 saturated heterocycles. The largest absolute Gasteiger partial charge is 0.478 e. The van der Waals surface area contributed by atoms with Gasteiger partial charge in [-0.25, -0.2) is 14.8 Å². The molecular formula is C13H19N3O3. The van der Waals surface area contributed by atoms with Crippen LogP contribution >= 0.6 is 0 Å². The van der Waals surface area contributed by atoms with Gasteiger partial charge in [0.2, 0.25) is 0 Å². The number of rotatable bonds is 4. The lowest BCUT2D eigenvalue weighted by atomic mass is 9.94. The van der Waals surface area contributed by atoms with E-state index >= 15 is 0 Å². The summed E-state index contributed by atoms with van der Waals surface area (Å²) < 4.78 is 5.65. The predicted molar refractivity (Wildman–Crippen MR) is 68.9 cm³/mol. The van der Waals surface area contributed by atoms with Crippen LogP contribution in [0.15, 0.2) is 12.5 Å². The van der Waals surface area contributed by atoms with Gasteiger partial charge in [-0.2, -0.15) is 0 Å². The number of ether oxygens (including phenoxy) is 1. The van der Waals surface area contributed by atoms with Crippen molar-refractivity contribution in [1.29, 1.82) is 0 Å². The molecule has 1 unspecified atom stereocenters. The molecule has 1 fully saturated rings. The number of nitrogens with one attached hydrogen (secondary N) is 1. The van der Waals surface area contributed by atoms with Crippen molar-refractivity contribution in [2.24, 2.45) is 0 Å². The number of aromatic nitrogens is 2. The van der Waals surface area contributed by atoms with Gasteiger partial charge in [-0.15, -0.1) is 0 Å². The number of carboxylic acid groups (broad SMARTS) is 1. The van der Waals surface area contributed by atoms with Gasteiger partial charge in [0.15, 0.2) is 0 Å². The predicted octanol–water partition coefficient (Wildman–Crippen LogP) is 1.22. The summed E-state index contributed by atoms with van der Waals surface area (Å²) in [4.78, 5) is 18.8. The molecule has 0 saturated carbocycles. The minimum Gasteiger partial charge on any atom is -0.478 e. The van der Waals surface area contributed by atoms with Crippen LogP contribution in [0.4, 0.5) is 0 Å². The average molecular weight is 265 g/mol. The number of nitrogens with zero attached hydrogens (tertiary/aromatic N) is 2. The third-order valence-electron chi connectivity index (χ3n) is 3.28. The van der Waals surface area contributed by atoms with E-state index in [2.05, 4.69) is 29.1 Å². The lowest BCUT2D eigenvalue weighted by molar-refractivity contribution is -0.0631. The molecule has 0 aliphatic carbocycles. The summed E-state index contributed by atoms with van der Waals surface area (Å²) in [6.45, 7) is 5.29. The van der Waals surface area contributed by atoms with E-state index in [1.165, 1.54) is 12.5 Å². The van der Waals surface area contributed by atoms with Gasteiger partial charge < -0.3 is 15.2 Å². The van der Waals surface area contributed by atoms with Gasteiger partial charge in [0.1, 0.15) is 11.9 Å². The fourth-order valence-corrected chi connectivity index (χ4v) is 2.32. The second-order valence-electron chi connectivity index (χ2n) is 5.37. The molecule has 0 amide bonds. The van der Waals surface area contributed by atoms with Crippen molar-refractivity contribution in [1.82, 2.24) is 15.3 Å². The Labute approximate surface area is 112 Å². The summed E-state index contributed by atoms with van der Waals surface area (Å²) in [7, 11) is 0. The highest BCUT2D eigenvalue weighted by Gasteiger charge is 2.28. The van der Waals surface area contributed by atoms with Gasteiger partial charge in [0, 0.05) is 25.4 Å². The van der Waals surface area contributed by atoms with Crippen LogP contribution in [0.5, 0.6) is 0 Å². The first-order chi connectivity index (χ1) is 8.98. The molecule has 2 N–H and O–H groups in total. The first-order valence-electron chi connectivity index (χ1n) is 6.37. The van der Waals surface area contributed by atoms with Crippen molar-refractivity contribution in [3.8, 4) is 0 Å². The molecule has 6 nitrogen and oxygen atoms in total. The highest BCUT2D eigenvalue weighted by molar-refractivity contribution is 5.88. The molecule has 1 aliphatic rings. The molecule has 1 atom stereocenters.